The van der Waals surface area contributed by atoms with Crippen molar-refractivity contribution in [3.8, 4) is 5.75 Å². The molecule has 6 heteroatoms. The molecule has 0 unspecified atom stereocenters. The molecule has 0 saturated carbocycles. The SMILES string of the molecule is NC(=O)c1ccc(OCC(=O)N2CCC[C@H]2c2ccc[nH]2)cc1. The number of ether oxygens (including phenoxy) is 1. The number of benzene rings is 1. The van der Waals surface area contributed by atoms with Gasteiger partial charge in [-0.15, -0.1) is 0 Å². The first kappa shape index (κ1) is 15.1. The molecule has 0 bridgehead atoms. The number of rotatable bonds is 5. The molecule has 1 aromatic carbocycles. The average molecular weight is 313 g/mol. The summed E-state index contributed by atoms with van der Waals surface area (Å²) in [6, 6.07) is 10.5. The molecule has 1 saturated heterocycles. The number of aromatic amines is 1. The van der Waals surface area contributed by atoms with Crippen LogP contribution in [-0.4, -0.2) is 34.8 Å². The first-order valence-electron chi connectivity index (χ1n) is 7.60. The highest BCUT2D eigenvalue weighted by Crippen LogP contribution is 2.30. The summed E-state index contributed by atoms with van der Waals surface area (Å²) in [6.45, 7) is 0.722. The Labute approximate surface area is 134 Å². The summed E-state index contributed by atoms with van der Waals surface area (Å²) >= 11 is 0. The lowest BCUT2D eigenvalue weighted by atomic mass is 10.1. The third-order valence-corrected chi connectivity index (χ3v) is 4.06. The number of nitrogens with one attached hydrogen (secondary N) is 1. The van der Waals surface area contributed by atoms with Crippen LogP contribution in [0.25, 0.3) is 0 Å². The van der Waals surface area contributed by atoms with Gasteiger partial charge in [0.15, 0.2) is 6.61 Å². The Hall–Kier alpha value is -2.76. The maximum Gasteiger partial charge on any atom is 0.261 e. The first-order chi connectivity index (χ1) is 11.1. The summed E-state index contributed by atoms with van der Waals surface area (Å²) in [6.07, 6.45) is 3.81. The van der Waals surface area contributed by atoms with Crippen molar-refractivity contribution >= 4 is 11.8 Å². The minimum Gasteiger partial charge on any atom is -0.484 e. The fourth-order valence-electron chi connectivity index (χ4n) is 2.88. The second-order valence-corrected chi connectivity index (χ2v) is 5.55. The van der Waals surface area contributed by atoms with Crippen LogP contribution in [-0.2, 0) is 4.79 Å². The quantitative estimate of drug-likeness (QED) is 0.883. The molecule has 0 spiro atoms. The molecule has 2 aromatic rings. The number of carbonyl (C=O) groups excluding carboxylic acids is 2. The zero-order valence-electron chi connectivity index (χ0n) is 12.7. The highest BCUT2D eigenvalue weighted by Gasteiger charge is 2.30. The zero-order valence-corrected chi connectivity index (χ0v) is 12.7. The number of hydrogen-bond acceptors (Lipinski definition) is 3. The maximum absolute atomic E-state index is 12.4. The second kappa shape index (κ2) is 6.56. The van der Waals surface area contributed by atoms with Crippen LogP contribution in [0.15, 0.2) is 42.6 Å². The Kier molecular flexibility index (Phi) is 4.32. The van der Waals surface area contributed by atoms with Crippen molar-refractivity contribution in [3.05, 3.63) is 53.9 Å². The van der Waals surface area contributed by atoms with Crippen LogP contribution in [0.1, 0.15) is 34.9 Å². The maximum atomic E-state index is 12.4. The molecule has 2 heterocycles. The van der Waals surface area contributed by atoms with Crippen molar-refractivity contribution in [2.45, 2.75) is 18.9 Å². The third-order valence-electron chi connectivity index (χ3n) is 4.06. The van der Waals surface area contributed by atoms with E-state index in [4.69, 9.17) is 10.5 Å². The number of likely N-dealkylation sites (tertiary alicyclic amines) is 1. The smallest absolute Gasteiger partial charge is 0.261 e. The Balaban J connectivity index is 1.59. The summed E-state index contributed by atoms with van der Waals surface area (Å²) in [4.78, 5) is 28.5. The third kappa shape index (κ3) is 3.36. The molecule has 2 amide bonds. The number of H-pyrrole nitrogens is 1. The van der Waals surface area contributed by atoms with Crippen molar-refractivity contribution in [2.75, 3.05) is 13.2 Å². The van der Waals surface area contributed by atoms with Crippen LogP contribution >= 0.6 is 0 Å². The molecule has 1 atom stereocenters. The first-order valence-corrected chi connectivity index (χ1v) is 7.60. The van der Waals surface area contributed by atoms with Crippen LogP contribution < -0.4 is 10.5 Å². The molecule has 0 aliphatic carbocycles. The molecule has 23 heavy (non-hydrogen) atoms. The van der Waals surface area contributed by atoms with Gasteiger partial charge in [0, 0.05) is 24.0 Å². The van der Waals surface area contributed by atoms with E-state index < -0.39 is 5.91 Å². The fourth-order valence-corrected chi connectivity index (χ4v) is 2.88. The number of hydrogen-bond donors (Lipinski definition) is 2. The molecular weight excluding hydrogens is 294 g/mol. The Morgan fingerprint density at radius 1 is 1.26 bits per heavy atom. The normalized spacial score (nSPS) is 17.2. The highest BCUT2D eigenvalue weighted by molar-refractivity contribution is 5.92. The van der Waals surface area contributed by atoms with Crippen molar-refractivity contribution < 1.29 is 14.3 Å². The number of primary amides is 1. The van der Waals surface area contributed by atoms with Crippen molar-refractivity contribution in [1.82, 2.24) is 9.88 Å². The molecule has 1 fully saturated rings. The average Bonchev–Trinajstić information content (AvgIpc) is 3.23. The van der Waals surface area contributed by atoms with Gasteiger partial charge in [-0.25, -0.2) is 0 Å². The number of amides is 2. The van der Waals surface area contributed by atoms with Crippen LogP contribution in [0.4, 0.5) is 0 Å². The van der Waals surface area contributed by atoms with Gasteiger partial charge in [-0.3, -0.25) is 9.59 Å². The molecule has 1 aliphatic rings. The summed E-state index contributed by atoms with van der Waals surface area (Å²) in [5, 5.41) is 0. The Morgan fingerprint density at radius 3 is 2.70 bits per heavy atom. The van der Waals surface area contributed by atoms with Gasteiger partial charge in [0.1, 0.15) is 5.75 Å². The van der Waals surface area contributed by atoms with E-state index in [9.17, 15) is 9.59 Å². The van der Waals surface area contributed by atoms with Crippen LogP contribution in [0.2, 0.25) is 0 Å². The van der Waals surface area contributed by atoms with Crippen molar-refractivity contribution in [2.24, 2.45) is 5.73 Å². The number of carbonyl (C=O) groups is 2. The van der Waals surface area contributed by atoms with E-state index in [2.05, 4.69) is 4.98 Å². The minimum absolute atomic E-state index is 0.0207. The van der Waals surface area contributed by atoms with E-state index in [0.717, 1.165) is 25.1 Å². The van der Waals surface area contributed by atoms with E-state index in [-0.39, 0.29) is 18.6 Å². The van der Waals surface area contributed by atoms with Gasteiger partial charge in [0.2, 0.25) is 5.91 Å². The van der Waals surface area contributed by atoms with E-state index in [1.807, 2.05) is 23.2 Å². The largest absolute Gasteiger partial charge is 0.484 e. The van der Waals surface area contributed by atoms with Gasteiger partial charge in [-0.1, -0.05) is 0 Å². The second-order valence-electron chi connectivity index (χ2n) is 5.55. The molecule has 6 nitrogen and oxygen atoms in total. The van der Waals surface area contributed by atoms with Crippen LogP contribution in [0, 0.1) is 0 Å². The van der Waals surface area contributed by atoms with Crippen molar-refractivity contribution in [1.29, 1.82) is 0 Å². The molecule has 3 rings (SSSR count). The van der Waals surface area contributed by atoms with Crippen LogP contribution in [0.5, 0.6) is 5.75 Å². The van der Waals surface area contributed by atoms with Gasteiger partial charge in [-0.05, 0) is 49.2 Å². The lowest BCUT2D eigenvalue weighted by molar-refractivity contribution is -0.134. The Morgan fingerprint density at radius 2 is 2.04 bits per heavy atom. The predicted octanol–water partition coefficient (Wildman–Crippen LogP) is 1.86. The predicted molar refractivity (Wildman–Crippen MR) is 84.9 cm³/mol. The molecule has 3 N–H and O–H groups in total. The highest BCUT2D eigenvalue weighted by atomic mass is 16.5. The Bertz CT molecular complexity index is 680. The topological polar surface area (TPSA) is 88.4 Å². The van der Waals surface area contributed by atoms with E-state index in [1.165, 1.54) is 0 Å². The molecular formula is C17H19N3O3. The van der Waals surface area contributed by atoms with E-state index >= 15 is 0 Å². The van der Waals surface area contributed by atoms with Gasteiger partial charge < -0.3 is 20.4 Å². The summed E-state index contributed by atoms with van der Waals surface area (Å²) < 4.78 is 5.53. The van der Waals surface area contributed by atoms with Crippen LogP contribution in [0.3, 0.4) is 0 Å². The summed E-state index contributed by atoms with van der Waals surface area (Å²) in [5.74, 6) is 0.0125. The lowest BCUT2D eigenvalue weighted by Gasteiger charge is -2.24. The minimum atomic E-state index is -0.488. The van der Waals surface area contributed by atoms with E-state index in [1.54, 1.807) is 24.3 Å². The fraction of sp³-hybridized carbons (Fsp3) is 0.294. The summed E-state index contributed by atoms with van der Waals surface area (Å²) in [7, 11) is 0. The standard InChI is InChI=1S/C17H19N3O3/c18-17(22)12-5-7-13(8-6-12)23-11-16(21)20-10-2-4-15(20)14-3-1-9-19-14/h1,3,5-9,15,19H,2,4,10-11H2,(H2,18,22)/t15-/m0/s1. The van der Waals surface area contributed by atoms with Gasteiger partial charge in [0.05, 0.1) is 6.04 Å². The van der Waals surface area contributed by atoms with Gasteiger partial charge in [0.25, 0.3) is 5.91 Å². The lowest BCUT2D eigenvalue weighted by Crippen LogP contribution is -2.34. The number of nitrogens with two attached hydrogens (primary N) is 1. The summed E-state index contributed by atoms with van der Waals surface area (Å²) in [5.41, 5.74) is 6.66. The molecule has 0 radical (unpaired) electrons. The number of aromatic nitrogens is 1. The number of nitrogens with zero attached hydrogens (tertiary/aromatic N) is 1. The van der Waals surface area contributed by atoms with Gasteiger partial charge in [-0.2, -0.15) is 0 Å². The molecule has 120 valence electrons. The van der Waals surface area contributed by atoms with Crippen molar-refractivity contribution in [3.63, 3.8) is 0 Å². The van der Waals surface area contributed by atoms with E-state index in [0.29, 0.717) is 11.3 Å². The zero-order chi connectivity index (χ0) is 16.2. The molecule has 1 aliphatic heterocycles. The molecule has 1 aromatic heterocycles. The van der Waals surface area contributed by atoms with Gasteiger partial charge >= 0.3 is 0 Å². The monoisotopic (exact) mass is 313 g/mol.